The van der Waals surface area contributed by atoms with E-state index in [0.717, 1.165) is 35.8 Å². The number of nitrogens with two attached hydrogens (primary N) is 1. The molecule has 104 valence electrons. The Morgan fingerprint density at radius 3 is 2.75 bits per heavy atom. The maximum Gasteiger partial charge on any atom is 0.131 e. The van der Waals surface area contributed by atoms with Crippen LogP contribution in [0.5, 0.6) is 11.5 Å². The van der Waals surface area contributed by atoms with Gasteiger partial charge in [0.05, 0.1) is 12.8 Å². The smallest absolute Gasteiger partial charge is 0.131 e. The fourth-order valence-corrected chi connectivity index (χ4v) is 2.10. The zero-order chi connectivity index (χ0) is 13.9. The average molecular weight is 271 g/mol. The van der Waals surface area contributed by atoms with Crippen LogP contribution in [-0.2, 0) is 0 Å². The summed E-state index contributed by atoms with van der Waals surface area (Å²) >= 11 is 0. The first-order valence-corrected chi connectivity index (χ1v) is 6.54. The summed E-state index contributed by atoms with van der Waals surface area (Å²) in [4.78, 5) is 4.32. The molecule has 0 bridgehead atoms. The summed E-state index contributed by atoms with van der Waals surface area (Å²) < 4.78 is 11.3. The zero-order valence-electron chi connectivity index (χ0n) is 11.3. The van der Waals surface area contributed by atoms with Gasteiger partial charge in [-0.2, -0.15) is 0 Å². The predicted octanol–water partition coefficient (Wildman–Crippen LogP) is 1.69. The second-order valence-corrected chi connectivity index (χ2v) is 4.71. The van der Waals surface area contributed by atoms with Crippen LogP contribution in [0.4, 0.5) is 5.82 Å². The van der Waals surface area contributed by atoms with Crippen molar-refractivity contribution in [3.8, 4) is 22.8 Å². The molecule has 1 aromatic heterocycles. The summed E-state index contributed by atoms with van der Waals surface area (Å²) in [6, 6.07) is 11.3. The van der Waals surface area contributed by atoms with Gasteiger partial charge in [0.2, 0.25) is 0 Å². The molecule has 3 rings (SSSR count). The average Bonchev–Trinajstić information content (AvgIpc) is 2.42. The van der Waals surface area contributed by atoms with Crippen molar-refractivity contribution < 1.29 is 9.47 Å². The van der Waals surface area contributed by atoms with Crippen molar-refractivity contribution in [2.75, 3.05) is 25.9 Å². The van der Waals surface area contributed by atoms with Crippen LogP contribution in [0.1, 0.15) is 0 Å². The number of nitrogen functional groups attached to an aromatic ring is 1. The molecule has 0 amide bonds. The summed E-state index contributed by atoms with van der Waals surface area (Å²) in [5.41, 5.74) is 7.42. The van der Waals surface area contributed by atoms with Gasteiger partial charge in [0.15, 0.2) is 0 Å². The molecule has 1 aromatic carbocycles. The van der Waals surface area contributed by atoms with Gasteiger partial charge in [0.25, 0.3) is 0 Å². The molecule has 2 aromatic rings. The minimum absolute atomic E-state index is 0.246. The van der Waals surface area contributed by atoms with E-state index in [4.69, 9.17) is 15.2 Å². The Morgan fingerprint density at radius 2 is 2.10 bits per heavy atom. The van der Waals surface area contributed by atoms with Crippen molar-refractivity contribution in [2.24, 2.45) is 0 Å². The van der Waals surface area contributed by atoms with Crippen LogP contribution in [-0.4, -0.2) is 31.3 Å². The number of methoxy groups -OCH3 is 1. The Kier molecular flexibility index (Phi) is 3.43. The lowest BCUT2D eigenvalue weighted by Crippen LogP contribution is -2.50. The highest BCUT2D eigenvalue weighted by atomic mass is 16.5. The fourth-order valence-electron chi connectivity index (χ4n) is 2.10. The van der Waals surface area contributed by atoms with Crippen molar-refractivity contribution in [1.82, 2.24) is 10.3 Å². The van der Waals surface area contributed by atoms with Gasteiger partial charge in [0, 0.05) is 24.7 Å². The zero-order valence-corrected chi connectivity index (χ0v) is 11.3. The number of hydrogen-bond donors (Lipinski definition) is 2. The molecule has 0 unspecified atom stereocenters. The molecule has 1 fully saturated rings. The SMILES string of the molecule is COc1cc(OC2CNC2)ccc1-c1cccc(N)n1. The molecule has 0 atom stereocenters. The Balaban J connectivity index is 1.90. The maximum absolute atomic E-state index is 5.82. The van der Waals surface area contributed by atoms with Crippen LogP contribution in [0.15, 0.2) is 36.4 Å². The van der Waals surface area contributed by atoms with Crippen molar-refractivity contribution in [3.05, 3.63) is 36.4 Å². The van der Waals surface area contributed by atoms with E-state index < -0.39 is 0 Å². The van der Waals surface area contributed by atoms with E-state index in [1.165, 1.54) is 0 Å². The van der Waals surface area contributed by atoms with E-state index >= 15 is 0 Å². The third-order valence-corrected chi connectivity index (χ3v) is 3.27. The largest absolute Gasteiger partial charge is 0.496 e. The summed E-state index contributed by atoms with van der Waals surface area (Å²) in [6.45, 7) is 1.78. The number of hydrogen-bond acceptors (Lipinski definition) is 5. The van der Waals surface area contributed by atoms with Crippen LogP contribution in [0.2, 0.25) is 0 Å². The van der Waals surface area contributed by atoms with Gasteiger partial charge in [0.1, 0.15) is 23.4 Å². The second-order valence-electron chi connectivity index (χ2n) is 4.71. The molecule has 1 aliphatic rings. The number of benzene rings is 1. The first-order chi connectivity index (χ1) is 9.76. The Morgan fingerprint density at radius 1 is 1.25 bits per heavy atom. The molecule has 1 saturated heterocycles. The van der Waals surface area contributed by atoms with Gasteiger partial charge in [-0.25, -0.2) is 4.98 Å². The minimum Gasteiger partial charge on any atom is -0.496 e. The highest BCUT2D eigenvalue weighted by Crippen LogP contribution is 2.33. The van der Waals surface area contributed by atoms with E-state index in [1.807, 2.05) is 30.3 Å². The molecule has 20 heavy (non-hydrogen) atoms. The molecule has 2 heterocycles. The van der Waals surface area contributed by atoms with Crippen LogP contribution in [0.3, 0.4) is 0 Å². The van der Waals surface area contributed by atoms with Crippen molar-refractivity contribution in [3.63, 3.8) is 0 Å². The first kappa shape index (κ1) is 12.7. The summed E-state index contributed by atoms with van der Waals surface area (Å²) in [7, 11) is 1.64. The van der Waals surface area contributed by atoms with E-state index in [2.05, 4.69) is 10.3 Å². The Bertz CT molecular complexity index is 612. The van der Waals surface area contributed by atoms with Crippen LogP contribution in [0.25, 0.3) is 11.3 Å². The summed E-state index contributed by atoms with van der Waals surface area (Å²) in [5, 5.41) is 3.17. The molecular weight excluding hydrogens is 254 g/mol. The maximum atomic E-state index is 5.82. The topological polar surface area (TPSA) is 69.4 Å². The molecule has 0 radical (unpaired) electrons. The highest BCUT2D eigenvalue weighted by molar-refractivity contribution is 5.69. The first-order valence-electron chi connectivity index (χ1n) is 6.54. The van der Waals surface area contributed by atoms with Crippen molar-refractivity contribution in [1.29, 1.82) is 0 Å². The van der Waals surface area contributed by atoms with E-state index in [1.54, 1.807) is 13.2 Å². The lowest BCUT2D eigenvalue weighted by molar-refractivity contribution is 0.142. The van der Waals surface area contributed by atoms with Gasteiger partial charge in [-0.15, -0.1) is 0 Å². The predicted molar refractivity (Wildman–Crippen MR) is 77.9 cm³/mol. The van der Waals surface area contributed by atoms with Crippen molar-refractivity contribution in [2.45, 2.75) is 6.10 Å². The lowest BCUT2D eigenvalue weighted by Gasteiger charge is -2.28. The van der Waals surface area contributed by atoms with E-state index in [0.29, 0.717) is 5.82 Å². The number of aromatic nitrogens is 1. The molecule has 0 aliphatic carbocycles. The van der Waals surface area contributed by atoms with E-state index in [9.17, 15) is 0 Å². The van der Waals surface area contributed by atoms with Crippen LogP contribution >= 0.6 is 0 Å². The van der Waals surface area contributed by atoms with E-state index in [-0.39, 0.29) is 6.10 Å². The Labute approximate surface area is 117 Å². The lowest BCUT2D eigenvalue weighted by atomic mass is 10.1. The molecule has 5 nitrogen and oxygen atoms in total. The molecule has 3 N–H and O–H groups in total. The molecular formula is C15H17N3O2. The van der Waals surface area contributed by atoms with Gasteiger partial charge in [-0.1, -0.05) is 6.07 Å². The highest BCUT2D eigenvalue weighted by Gasteiger charge is 2.19. The number of pyridine rings is 1. The summed E-state index contributed by atoms with van der Waals surface area (Å²) in [6.07, 6.45) is 0.246. The Hall–Kier alpha value is -2.27. The van der Waals surface area contributed by atoms with Gasteiger partial charge in [-0.3, -0.25) is 0 Å². The number of nitrogens with zero attached hydrogens (tertiary/aromatic N) is 1. The van der Waals surface area contributed by atoms with Crippen LogP contribution in [0, 0.1) is 0 Å². The third kappa shape index (κ3) is 2.53. The normalized spacial score (nSPS) is 14.7. The van der Waals surface area contributed by atoms with Crippen LogP contribution < -0.4 is 20.5 Å². The molecule has 0 spiro atoms. The second kappa shape index (κ2) is 5.38. The van der Waals surface area contributed by atoms with Gasteiger partial charge < -0.3 is 20.5 Å². The fraction of sp³-hybridized carbons (Fsp3) is 0.267. The standard InChI is InChI=1S/C15H17N3O2/c1-19-14-7-10(20-11-8-17-9-11)5-6-12(14)13-3-2-4-15(16)18-13/h2-7,11,17H,8-9H2,1H3,(H2,16,18). The quantitative estimate of drug-likeness (QED) is 0.885. The number of anilines is 1. The summed E-state index contributed by atoms with van der Waals surface area (Å²) in [5.74, 6) is 2.03. The molecule has 1 aliphatic heterocycles. The minimum atomic E-state index is 0.246. The monoisotopic (exact) mass is 271 g/mol. The van der Waals surface area contributed by atoms with Gasteiger partial charge >= 0.3 is 0 Å². The molecule has 0 saturated carbocycles. The number of nitrogens with one attached hydrogen (secondary N) is 1. The van der Waals surface area contributed by atoms with Crippen molar-refractivity contribution >= 4 is 5.82 Å². The third-order valence-electron chi connectivity index (χ3n) is 3.27. The van der Waals surface area contributed by atoms with Gasteiger partial charge in [-0.05, 0) is 24.3 Å². The molecule has 5 heteroatoms. The number of ether oxygens (including phenoxy) is 2. The number of rotatable bonds is 4.